The van der Waals surface area contributed by atoms with Gasteiger partial charge in [-0.3, -0.25) is 0 Å². The zero-order valence-electron chi connectivity index (χ0n) is 15.9. The van der Waals surface area contributed by atoms with Crippen LogP contribution in [0.2, 0.25) is 0 Å². The number of carbonyl (C=O) groups is 1. The number of carboxylic acid groups (broad SMARTS) is 1. The van der Waals surface area contributed by atoms with Crippen LogP contribution in [0.15, 0.2) is 48.5 Å². The maximum absolute atomic E-state index is 11.0. The number of fused-ring (bicyclic) bond motifs is 1. The second-order valence-corrected chi connectivity index (χ2v) is 7.41. The predicted octanol–water partition coefficient (Wildman–Crippen LogP) is 2.34. The van der Waals surface area contributed by atoms with E-state index in [1.807, 2.05) is 36.4 Å². The van der Waals surface area contributed by atoms with Crippen LogP contribution in [0.25, 0.3) is 10.9 Å². The van der Waals surface area contributed by atoms with E-state index in [1.54, 1.807) is 12.1 Å². The van der Waals surface area contributed by atoms with Gasteiger partial charge in [0.15, 0.2) is 6.61 Å². The fourth-order valence-electron chi connectivity index (χ4n) is 3.88. The van der Waals surface area contributed by atoms with E-state index in [1.165, 1.54) is 0 Å². The molecule has 1 aliphatic carbocycles. The molecule has 0 spiro atoms. The lowest BCUT2D eigenvalue weighted by Gasteiger charge is -2.17. The first kappa shape index (κ1) is 19.4. The lowest BCUT2D eigenvalue weighted by atomic mass is 10.0. The van der Waals surface area contributed by atoms with E-state index < -0.39 is 24.9 Å². The smallest absolute Gasteiger partial charge is 0.341 e. The summed E-state index contributed by atoms with van der Waals surface area (Å²) in [6.45, 7) is 0.0847. The molecule has 7 nitrogen and oxygen atoms in total. The number of hydrogen-bond acceptors (Lipinski definition) is 5. The molecule has 2 atom stereocenters. The normalized spacial score (nSPS) is 16.0. The quantitative estimate of drug-likeness (QED) is 0.434. The van der Waals surface area contributed by atoms with E-state index in [0.29, 0.717) is 23.2 Å². The summed E-state index contributed by atoms with van der Waals surface area (Å²) >= 11 is 0. The number of aliphatic carboxylic acids is 1. The second kappa shape index (κ2) is 7.87. The SMILES string of the molecule is NC(O)C(O)c1c(C2CC2)n(Cc2ccccc2)c2cccc(OCC(=O)O)c12. The molecule has 29 heavy (non-hydrogen) atoms. The molecule has 7 heteroatoms. The van der Waals surface area contributed by atoms with Gasteiger partial charge in [-0.15, -0.1) is 0 Å². The Morgan fingerprint density at radius 1 is 1.14 bits per heavy atom. The third-order valence-electron chi connectivity index (χ3n) is 5.25. The Bertz CT molecular complexity index is 1020. The second-order valence-electron chi connectivity index (χ2n) is 7.41. The molecule has 0 bridgehead atoms. The van der Waals surface area contributed by atoms with Gasteiger partial charge in [0, 0.05) is 23.2 Å². The van der Waals surface area contributed by atoms with E-state index >= 15 is 0 Å². The first-order valence-electron chi connectivity index (χ1n) is 9.62. The van der Waals surface area contributed by atoms with Gasteiger partial charge in [0.05, 0.1) is 5.52 Å². The number of aliphatic hydroxyl groups is 2. The zero-order chi connectivity index (χ0) is 20.5. The zero-order valence-corrected chi connectivity index (χ0v) is 15.9. The summed E-state index contributed by atoms with van der Waals surface area (Å²) in [5, 5.41) is 30.4. The number of nitrogens with two attached hydrogens (primary N) is 1. The van der Waals surface area contributed by atoms with Crippen molar-refractivity contribution < 1.29 is 24.9 Å². The molecule has 4 rings (SSSR count). The Kier molecular flexibility index (Phi) is 5.27. The number of carboxylic acids is 1. The van der Waals surface area contributed by atoms with Crippen molar-refractivity contribution in [3.8, 4) is 5.75 Å². The van der Waals surface area contributed by atoms with Gasteiger partial charge in [-0.1, -0.05) is 36.4 Å². The van der Waals surface area contributed by atoms with Gasteiger partial charge in [0.2, 0.25) is 0 Å². The van der Waals surface area contributed by atoms with Gasteiger partial charge in [-0.2, -0.15) is 0 Å². The fourth-order valence-corrected chi connectivity index (χ4v) is 3.88. The maximum Gasteiger partial charge on any atom is 0.341 e. The highest BCUT2D eigenvalue weighted by molar-refractivity contribution is 5.92. The van der Waals surface area contributed by atoms with E-state index in [9.17, 15) is 15.0 Å². The number of aliphatic hydroxyl groups excluding tert-OH is 2. The van der Waals surface area contributed by atoms with Crippen LogP contribution >= 0.6 is 0 Å². The summed E-state index contributed by atoms with van der Waals surface area (Å²) in [6, 6.07) is 15.3. The molecule has 0 aliphatic heterocycles. The molecule has 0 radical (unpaired) electrons. The minimum atomic E-state index is -1.46. The van der Waals surface area contributed by atoms with Crippen LogP contribution in [0, 0.1) is 0 Å². The average Bonchev–Trinajstić information content (AvgIpc) is 3.49. The van der Waals surface area contributed by atoms with Gasteiger partial charge in [-0.25, -0.2) is 4.79 Å². The molecule has 1 aromatic heterocycles. The van der Waals surface area contributed by atoms with Crippen LogP contribution in [0.3, 0.4) is 0 Å². The topological polar surface area (TPSA) is 118 Å². The minimum absolute atomic E-state index is 0.252. The van der Waals surface area contributed by atoms with E-state index in [4.69, 9.17) is 15.6 Å². The Labute approximate surface area is 168 Å². The molecule has 2 unspecified atom stereocenters. The standard InChI is InChI=1S/C22H24N2O5/c23-22(28)21(27)19-18-15(7-4-8-16(18)29-12-17(25)26)24(20(19)14-9-10-14)11-13-5-2-1-3-6-13/h1-8,14,21-22,27-28H,9-12,23H2,(H,25,26). The summed E-state index contributed by atoms with van der Waals surface area (Å²) < 4.78 is 7.65. The predicted molar refractivity (Wildman–Crippen MR) is 108 cm³/mol. The molecular formula is C22H24N2O5. The Morgan fingerprint density at radius 2 is 1.86 bits per heavy atom. The van der Waals surface area contributed by atoms with Gasteiger partial charge in [0.25, 0.3) is 0 Å². The minimum Gasteiger partial charge on any atom is -0.481 e. The highest BCUT2D eigenvalue weighted by atomic mass is 16.5. The molecule has 1 heterocycles. The molecule has 5 N–H and O–H groups in total. The molecule has 1 saturated carbocycles. The van der Waals surface area contributed by atoms with Crippen LogP contribution in [0.4, 0.5) is 0 Å². The lowest BCUT2D eigenvalue weighted by Crippen LogP contribution is -2.28. The van der Waals surface area contributed by atoms with Crippen molar-refractivity contribution in [2.45, 2.75) is 37.6 Å². The van der Waals surface area contributed by atoms with Crippen LogP contribution in [-0.4, -0.2) is 38.7 Å². The first-order valence-corrected chi connectivity index (χ1v) is 9.62. The number of nitrogens with zero attached hydrogens (tertiary/aromatic N) is 1. The van der Waals surface area contributed by atoms with Crippen molar-refractivity contribution in [1.82, 2.24) is 4.57 Å². The van der Waals surface area contributed by atoms with Crippen molar-refractivity contribution in [3.05, 3.63) is 65.4 Å². The van der Waals surface area contributed by atoms with E-state index in [2.05, 4.69) is 4.57 Å². The molecule has 1 aliphatic rings. The Balaban J connectivity index is 1.94. The summed E-state index contributed by atoms with van der Waals surface area (Å²) in [5.41, 5.74) is 9.00. The van der Waals surface area contributed by atoms with Gasteiger partial charge >= 0.3 is 5.97 Å². The van der Waals surface area contributed by atoms with Crippen LogP contribution < -0.4 is 10.5 Å². The summed E-state index contributed by atoms with van der Waals surface area (Å²) in [4.78, 5) is 11.0. The average molecular weight is 396 g/mol. The van der Waals surface area contributed by atoms with Crippen LogP contribution in [-0.2, 0) is 11.3 Å². The van der Waals surface area contributed by atoms with Gasteiger partial charge < -0.3 is 30.4 Å². The Hall–Kier alpha value is -2.87. The molecule has 0 saturated heterocycles. The third-order valence-corrected chi connectivity index (χ3v) is 5.25. The van der Waals surface area contributed by atoms with Crippen LogP contribution in [0.5, 0.6) is 5.75 Å². The lowest BCUT2D eigenvalue weighted by molar-refractivity contribution is -0.139. The first-order chi connectivity index (χ1) is 14.0. The van der Waals surface area contributed by atoms with Crippen molar-refractivity contribution in [2.24, 2.45) is 5.73 Å². The number of hydrogen-bond donors (Lipinski definition) is 4. The third kappa shape index (κ3) is 3.85. The summed E-state index contributed by atoms with van der Waals surface area (Å²) in [6.07, 6.45) is -0.802. The highest BCUT2D eigenvalue weighted by Gasteiger charge is 2.36. The monoisotopic (exact) mass is 396 g/mol. The van der Waals surface area contributed by atoms with Crippen molar-refractivity contribution in [1.29, 1.82) is 0 Å². The summed E-state index contributed by atoms with van der Waals surface area (Å²) in [5.74, 6) is -0.482. The maximum atomic E-state index is 11.0. The van der Waals surface area contributed by atoms with E-state index in [-0.39, 0.29) is 5.92 Å². The largest absolute Gasteiger partial charge is 0.481 e. The molecule has 1 fully saturated rings. The van der Waals surface area contributed by atoms with Crippen molar-refractivity contribution in [2.75, 3.05) is 6.61 Å². The number of benzene rings is 2. The molecule has 3 aromatic rings. The van der Waals surface area contributed by atoms with E-state index in [0.717, 1.165) is 29.6 Å². The number of rotatable bonds is 8. The van der Waals surface area contributed by atoms with Gasteiger partial charge in [-0.05, 0) is 36.5 Å². The molecule has 0 amide bonds. The molecular weight excluding hydrogens is 372 g/mol. The molecule has 152 valence electrons. The molecule has 2 aromatic carbocycles. The Morgan fingerprint density at radius 3 is 2.48 bits per heavy atom. The number of aromatic nitrogens is 1. The van der Waals surface area contributed by atoms with Crippen LogP contribution in [0.1, 0.15) is 41.7 Å². The summed E-state index contributed by atoms with van der Waals surface area (Å²) in [7, 11) is 0. The highest BCUT2D eigenvalue weighted by Crippen LogP contribution is 2.49. The van der Waals surface area contributed by atoms with Crippen molar-refractivity contribution in [3.63, 3.8) is 0 Å². The number of ether oxygens (including phenoxy) is 1. The van der Waals surface area contributed by atoms with Crippen molar-refractivity contribution >= 4 is 16.9 Å². The fraction of sp³-hybridized carbons (Fsp3) is 0.318. The van der Waals surface area contributed by atoms with Gasteiger partial charge in [0.1, 0.15) is 18.1 Å².